The van der Waals surface area contributed by atoms with Gasteiger partial charge in [-0.2, -0.15) is 0 Å². The zero-order valence-corrected chi connectivity index (χ0v) is 15.4. The Morgan fingerprint density at radius 3 is 2.04 bits per heavy atom. The number of carbonyl (C=O) groups is 4. The lowest BCUT2D eigenvalue weighted by Crippen LogP contribution is -2.55. The molecule has 3 amide bonds. The van der Waals surface area contributed by atoms with E-state index in [0.717, 1.165) is 0 Å². The number of rotatable bonds is 13. The molecule has 0 aliphatic carbocycles. The van der Waals surface area contributed by atoms with Crippen LogP contribution in [0.5, 0.6) is 0 Å². The van der Waals surface area contributed by atoms with Crippen LogP contribution < -0.4 is 27.8 Å². The lowest BCUT2D eigenvalue weighted by molar-refractivity contribution is -0.142. The summed E-state index contributed by atoms with van der Waals surface area (Å²) in [6.45, 7) is 4.10. The molecule has 0 aromatic heterocycles. The highest BCUT2D eigenvalue weighted by molar-refractivity contribution is 5.93. The lowest BCUT2D eigenvalue weighted by Gasteiger charge is -2.23. The zero-order valence-electron chi connectivity index (χ0n) is 15.4. The summed E-state index contributed by atoms with van der Waals surface area (Å²) in [6, 6.07) is -3.21. The van der Waals surface area contributed by atoms with E-state index < -0.39 is 41.8 Å². The summed E-state index contributed by atoms with van der Waals surface area (Å²) in [5, 5.41) is 14.2. The van der Waals surface area contributed by atoms with Gasteiger partial charge >= 0.3 is 5.97 Å². The van der Waals surface area contributed by atoms with Gasteiger partial charge in [0.05, 0.1) is 12.5 Å². The molecule has 0 fully saturated rings. The van der Waals surface area contributed by atoms with Crippen molar-refractivity contribution in [1.29, 1.82) is 0 Å². The normalized spacial score (nSPS) is 14.3. The van der Waals surface area contributed by atoms with E-state index in [0.29, 0.717) is 19.4 Å². The Labute approximate surface area is 153 Å². The molecule has 9 N–H and O–H groups in total. The second kappa shape index (κ2) is 12.2. The third-order valence-electron chi connectivity index (χ3n) is 3.66. The largest absolute Gasteiger partial charge is 0.480 e. The molecule has 0 aliphatic heterocycles. The Bertz CT molecular complexity index is 497. The number of carboxylic acids is 1. The highest BCUT2D eigenvalue weighted by Crippen LogP contribution is 2.07. The summed E-state index contributed by atoms with van der Waals surface area (Å²) in [4.78, 5) is 46.7. The Balaban J connectivity index is 5.02. The van der Waals surface area contributed by atoms with Crippen LogP contribution in [-0.4, -0.2) is 53.5 Å². The molecule has 0 bridgehead atoms. The predicted octanol–water partition coefficient (Wildman–Crippen LogP) is -1.58. The molecule has 0 heterocycles. The van der Waals surface area contributed by atoms with Gasteiger partial charge in [-0.3, -0.25) is 14.4 Å². The van der Waals surface area contributed by atoms with Gasteiger partial charge in [-0.15, -0.1) is 0 Å². The Hall–Kier alpha value is -2.20. The average Bonchev–Trinajstić information content (AvgIpc) is 2.51. The van der Waals surface area contributed by atoms with E-state index in [4.69, 9.17) is 17.2 Å². The fraction of sp³-hybridized carbons (Fsp3) is 0.750. The molecule has 0 rings (SSSR count). The van der Waals surface area contributed by atoms with E-state index in [1.165, 1.54) is 0 Å². The smallest absolute Gasteiger partial charge is 0.326 e. The highest BCUT2D eigenvalue weighted by atomic mass is 16.4. The van der Waals surface area contributed by atoms with Gasteiger partial charge in [0.2, 0.25) is 17.7 Å². The number of aliphatic carboxylic acids is 1. The molecular weight excluding hydrogens is 342 g/mol. The minimum Gasteiger partial charge on any atom is -0.480 e. The van der Waals surface area contributed by atoms with Crippen molar-refractivity contribution in [3.8, 4) is 0 Å². The number of hydrogen-bond acceptors (Lipinski definition) is 6. The zero-order chi connectivity index (χ0) is 20.3. The first-order chi connectivity index (χ1) is 12.1. The van der Waals surface area contributed by atoms with Crippen molar-refractivity contribution in [3.05, 3.63) is 0 Å². The average molecular weight is 373 g/mol. The first-order valence-corrected chi connectivity index (χ1v) is 8.65. The summed E-state index contributed by atoms with van der Waals surface area (Å²) in [7, 11) is 0. The van der Waals surface area contributed by atoms with Gasteiger partial charge in [0.1, 0.15) is 12.1 Å². The number of carboxylic acid groups (broad SMARTS) is 1. The van der Waals surface area contributed by atoms with Crippen LogP contribution in [0.15, 0.2) is 0 Å². The van der Waals surface area contributed by atoms with Gasteiger partial charge in [-0.25, -0.2) is 4.79 Å². The molecular formula is C16H31N5O5. The van der Waals surface area contributed by atoms with E-state index in [1.807, 2.05) is 13.8 Å². The molecule has 10 nitrogen and oxygen atoms in total. The SMILES string of the molecule is CC(C)C[C@H](NC(=O)[C@H](CCCCN)NC(=O)[C@@H](N)CC(N)=O)C(=O)O. The summed E-state index contributed by atoms with van der Waals surface area (Å²) in [5.74, 6) is -3.14. The third kappa shape index (κ3) is 9.94. The molecule has 10 heteroatoms. The number of unbranched alkanes of at least 4 members (excludes halogenated alkanes) is 1. The van der Waals surface area contributed by atoms with Gasteiger partial charge in [0.15, 0.2) is 0 Å². The van der Waals surface area contributed by atoms with Gasteiger partial charge in [-0.05, 0) is 38.1 Å². The van der Waals surface area contributed by atoms with E-state index in [2.05, 4.69) is 10.6 Å². The Kier molecular flexibility index (Phi) is 11.2. The maximum Gasteiger partial charge on any atom is 0.326 e. The number of hydrogen-bond donors (Lipinski definition) is 6. The monoisotopic (exact) mass is 373 g/mol. The predicted molar refractivity (Wildman–Crippen MR) is 95.6 cm³/mol. The topological polar surface area (TPSA) is 191 Å². The van der Waals surface area contributed by atoms with Crippen molar-refractivity contribution in [1.82, 2.24) is 10.6 Å². The summed E-state index contributed by atoms with van der Waals surface area (Å²) >= 11 is 0. The van der Waals surface area contributed by atoms with Crippen LogP contribution >= 0.6 is 0 Å². The molecule has 0 aromatic rings. The van der Waals surface area contributed by atoms with Crippen LogP contribution in [0, 0.1) is 5.92 Å². The second-order valence-corrected chi connectivity index (χ2v) is 6.65. The van der Waals surface area contributed by atoms with Crippen molar-refractivity contribution < 1.29 is 24.3 Å². The van der Waals surface area contributed by atoms with E-state index >= 15 is 0 Å². The van der Waals surface area contributed by atoms with E-state index in [-0.39, 0.29) is 25.2 Å². The summed E-state index contributed by atoms with van der Waals surface area (Å²) in [5.41, 5.74) is 16.0. The summed E-state index contributed by atoms with van der Waals surface area (Å²) < 4.78 is 0. The number of primary amides is 1. The number of amides is 3. The van der Waals surface area contributed by atoms with Crippen molar-refractivity contribution in [2.24, 2.45) is 23.1 Å². The van der Waals surface area contributed by atoms with Crippen LogP contribution in [0.3, 0.4) is 0 Å². The van der Waals surface area contributed by atoms with Crippen LogP contribution in [0.2, 0.25) is 0 Å². The standard InChI is InChI=1S/C16H31N5O5/c1-9(2)7-12(16(25)26)21-15(24)11(5-3-4-6-17)20-14(23)10(18)8-13(19)22/h9-12H,3-8,17-18H2,1-2H3,(H2,19,22)(H,20,23)(H,21,24)(H,25,26)/t10-,11-,12-/m0/s1. The van der Waals surface area contributed by atoms with Crippen molar-refractivity contribution in [2.75, 3.05) is 6.54 Å². The molecule has 26 heavy (non-hydrogen) atoms. The van der Waals surface area contributed by atoms with Crippen molar-refractivity contribution in [3.63, 3.8) is 0 Å². The third-order valence-corrected chi connectivity index (χ3v) is 3.66. The minimum absolute atomic E-state index is 0.0608. The highest BCUT2D eigenvalue weighted by Gasteiger charge is 2.28. The van der Waals surface area contributed by atoms with E-state index in [9.17, 15) is 24.3 Å². The molecule has 0 aliphatic rings. The molecule has 150 valence electrons. The number of nitrogens with one attached hydrogen (secondary N) is 2. The Morgan fingerprint density at radius 1 is 1.00 bits per heavy atom. The molecule has 0 aromatic carbocycles. The first-order valence-electron chi connectivity index (χ1n) is 8.65. The fourth-order valence-corrected chi connectivity index (χ4v) is 2.32. The Morgan fingerprint density at radius 2 is 1.58 bits per heavy atom. The first kappa shape index (κ1) is 23.8. The molecule has 0 radical (unpaired) electrons. The van der Waals surface area contributed by atoms with Crippen LogP contribution in [0.25, 0.3) is 0 Å². The number of carbonyl (C=O) groups excluding carboxylic acids is 3. The maximum absolute atomic E-state index is 12.5. The molecule has 0 spiro atoms. The lowest BCUT2D eigenvalue weighted by atomic mass is 10.0. The van der Waals surface area contributed by atoms with Gasteiger partial charge < -0.3 is 32.9 Å². The van der Waals surface area contributed by atoms with Crippen molar-refractivity contribution in [2.45, 2.75) is 64.1 Å². The second-order valence-electron chi connectivity index (χ2n) is 6.65. The molecule has 3 atom stereocenters. The molecule has 0 saturated heterocycles. The maximum atomic E-state index is 12.5. The van der Waals surface area contributed by atoms with Crippen molar-refractivity contribution >= 4 is 23.7 Å². The molecule has 0 saturated carbocycles. The van der Waals surface area contributed by atoms with E-state index in [1.54, 1.807) is 0 Å². The van der Waals surface area contributed by atoms with Crippen LogP contribution in [0.4, 0.5) is 0 Å². The van der Waals surface area contributed by atoms with Crippen LogP contribution in [0.1, 0.15) is 46.0 Å². The fourth-order valence-electron chi connectivity index (χ4n) is 2.32. The summed E-state index contributed by atoms with van der Waals surface area (Å²) in [6.07, 6.45) is 1.37. The minimum atomic E-state index is -1.18. The molecule has 0 unspecified atom stereocenters. The van der Waals surface area contributed by atoms with Gasteiger partial charge in [-0.1, -0.05) is 13.8 Å². The van der Waals surface area contributed by atoms with Gasteiger partial charge in [0, 0.05) is 0 Å². The van der Waals surface area contributed by atoms with Crippen LogP contribution in [-0.2, 0) is 19.2 Å². The number of nitrogens with two attached hydrogens (primary N) is 3. The quantitative estimate of drug-likeness (QED) is 0.210. The van der Waals surface area contributed by atoms with Gasteiger partial charge in [0.25, 0.3) is 0 Å².